The lowest BCUT2D eigenvalue weighted by molar-refractivity contribution is 0.0645. The number of hydrogen-bond donors (Lipinski definition) is 1. The fourth-order valence-electron chi connectivity index (χ4n) is 5.57. The number of aromatic nitrogens is 3. The molecule has 1 amide bonds. The topological polar surface area (TPSA) is 72.3 Å². The standard InChI is InChI=1S/C28H34F3N5O2/c1-35-17-22-21(3-2-4-24(22)34-35)27(37)32-20-7-11-28(31,12-8-20)13-16-36-14-9-19-5-6-26(38-18-25(29)30)33-23(19)10-15-36/h2-6,17,20,25H,7-16,18H2,1H3,(H,32,37)/t20-,28+. The molecule has 10 heteroatoms. The lowest BCUT2D eigenvalue weighted by Gasteiger charge is -2.35. The second-order valence-corrected chi connectivity index (χ2v) is 10.5. The molecule has 204 valence electrons. The molecular weight excluding hydrogens is 495 g/mol. The van der Waals surface area contributed by atoms with Gasteiger partial charge in [0.1, 0.15) is 5.67 Å². The van der Waals surface area contributed by atoms with Crippen LogP contribution in [0.15, 0.2) is 36.5 Å². The van der Waals surface area contributed by atoms with Gasteiger partial charge in [0.25, 0.3) is 12.3 Å². The van der Waals surface area contributed by atoms with Gasteiger partial charge in [-0.3, -0.25) is 9.48 Å². The number of amides is 1. The minimum absolute atomic E-state index is 0.0430. The fraction of sp³-hybridized carbons (Fsp3) is 0.536. The Hall–Kier alpha value is -3.14. The highest BCUT2D eigenvalue weighted by Gasteiger charge is 2.36. The molecule has 38 heavy (non-hydrogen) atoms. The van der Waals surface area contributed by atoms with Crippen LogP contribution in [0.25, 0.3) is 10.9 Å². The normalized spacial score (nSPS) is 22.3. The lowest BCUT2D eigenvalue weighted by Crippen LogP contribution is -2.43. The number of ether oxygens (including phenoxy) is 1. The first-order chi connectivity index (χ1) is 18.3. The van der Waals surface area contributed by atoms with Crippen molar-refractivity contribution in [3.63, 3.8) is 0 Å². The molecule has 1 saturated carbocycles. The zero-order chi connectivity index (χ0) is 26.7. The van der Waals surface area contributed by atoms with Crippen molar-refractivity contribution in [1.29, 1.82) is 0 Å². The summed E-state index contributed by atoms with van der Waals surface area (Å²) >= 11 is 0. The molecule has 0 bridgehead atoms. The first-order valence-corrected chi connectivity index (χ1v) is 13.3. The number of fused-ring (bicyclic) bond motifs is 2. The van der Waals surface area contributed by atoms with Crippen molar-refractivity contribution in [2.24, 2.45) is 7.05 Å². The molecule has 7 nitrogen and oxygen atoms in total. The number of hydrogen-bond acceptors (Lipinski definition) is 5. The van der Waals surface area contributed by atoms with E-state index in [-0.39, 0.29) is 17.8 Å². The van der Waals surface area contributed by atoms with Crippen LogP contribution >= 0.6 is 0 Å². The average molecular weight is 530 g/mol. The molecule has 1 aliphatic heterocycles. The van der Waals surface area contributed by atoms with Gasteiger partial charge in [-0.2, -0.15) is 5.10 Å². The molecule has 0 radical (unpaired) electrons. The predicted molar refractivity (Wildman–Crippen MR) is 138 cm³/mol. The SMILES string of the molecule is Cn1cc2c(C(=O)N[C@H]3CC[C@](F)(CCN4CCc5ccc(OCC(F)F)nc5CC4)CC3)cccc2n1. The molecule has 0 atom stereocenters. The number of aryl methyl sites for hydroxylation is 1. The molecule has 1 fully saturated rings. The molecule has 3 heterocycles. The van der Waals surface area contributed by atoms with Crippen LogP contribution in [0.1, 0.15) is 53.7 Å². The molecule has 2 aliphatic rings. The minimum atomic E-state index is -2.53. The largest absolute Gasteiger partial charge is 0.472 e. The van der Waals surface area contributed by atoms with E-state index in [2.05, 4.69) is 20.3 Å². The molecule has 0 saturated heterocycles. The highest BCUT2D eigenvalue weighted by Crippen LogP contribution is 2.35. The van der Waals surface area contributed by atoms with Crippen molar-refractivity contribution in [3.05, 3.63) is 53.3 Å². The van der Waals surface area contributed by atoms with Gasteiger partial charge in [-0.25, -0.2) is 18.2 Å². The highest BCUT2D eigenvalue weighted by molar-refractivity contribution is 6.06. The molecule has 2 aromatic heterocycles. The molecule has 0 unspecified atom stereocenters. The van der Waals surface area contributed by atoms with E-state index in [9.17, 15) is 13.6 Å². The molecule has 1 aliphatic carbocycles. The summed E-state index contributed by atoms with van der Waals surface area (Å²) in [6.07, 6.45) is 3.30. The Bertz CT molecular complexity index is 1270. The Labute approximate surface area is 220 Å². The highest BCUT2D eigenvalue weighted by atomic mass is 19.3. The van der Waals surface area contributed by atoms with Crippen molar-refractivity contribution in [2.75, 3.05) is 26.2 Å². The average Bonchev–Trinajstić information content (AvgIpc) is 3.16. The van der Waals surface area contributed by atoms with Crippen LogP contribution in [-0.4, -0.2) is 69.9 Å². The van der Waals surface area contributed by atoms with Crippen molar-refractivity contribution >= 4 is 16.8 Å². The van der Waals surface area contributed by atoms with E-state index >= 15 is 4.39 Å². The molecule has 3 aromatic rings. The number of carbonyl (C=O) groups is 1. The Kier molecular flexibility index (Phi) is 7.88. The van der Waals surface area contributed by atoms with Gasteiger partial charge in [0.2, 0.25) is 5.88 Å². The number of nitrogens with zero attached hydrogens (tertiary/aromatic N) is 4. The summed E-state index contributed by atoms with van der Waals surface area (Å²) in [5.74, 6) is 0.0849. The van der Waals surface area contributed by atoms with Gasteiger partial charge in [0.15, 0.2) is 6.61 Å². The maximum Gasteiger partial charge on any atom is 0.272 e. The summed E-state index contributed by atoms with van der Waals surface area (Å²) in [6, 6.07) is 9.00. The smallest absolute Gasteiger partial charge is 0.272 e. The molecule has 1 N–H and O–H groups in total. The Balaban J connectivity index is 1.09. The van der Waals surface area contributed by atoms with Crippen molar-refractivity contribution in [3.8, 4) is 5.88 Å². The summed E-state index contributed by atoms with van der Waals surface area (Å²) in [5.41, 5.74) is 2.09. The van der Waals surface area contributed by atoms with Gasteiger partial charge in [-0.1, -0.05) is 12.1 Å². The van der Waals surface area contributed by atoms with Gasteiger partial charge in [0.05, 0.1) is 11.1 Å². The third-order valence-electron chi connectivity index (χ3n) is 7.76. The zero-order valence-electron chi connectivity index (χ0n) is 21.6. The quantitative estimate of drug-likeness (QED) is 0.466. The first-order valence-electron chi connectivity index (χ1n) is 13.3. The van der Waals surface area contributed by atoms with Crippen LogP contribution in [0.5, 0.6) is 5.88 Å². The van der Waals surface area contributed by atoms with E-state index < -0.39 is 18.7 Å². The van der Waals surface area contributed by atoms with Crippen LogP contribution < -0.4 is 10.1 Å². The number of halogens is 3. The molecular formula is C28H34F3N5O2. The van der Waals surface area contributed by atoms with Crippen LogP contribution in [-0.2, 0) is 19.9 Å². The Morgan fingerprint density at radius 1 is 1.18 bits per heavy atom. The van der Waals surface area contributed by atoms with E-state index in [0.29, 0.717) is 50.6 Å². The summed E-state index contributed by atoms with van der Waals surface area (Å²) in [6.45, 7) is 1.54. The summed E-state index contributed by atoms with van der Waals surface area (Å²) in [7, 11) is 1.83. The van der Waals surface area contributed by atoms with Crippen LogP contribution in [0.2, 0.25) is 0 Å². The zero-order valence-corrected chi connectivity index (χ0v) is 21.6. The molecule has 1 aromatic carbocycles. The van der Waals surface area contributed by atoms with E-state index in [4.69, 9.17) is 4.74 Å². The van der Waals surface area contributed by atoms with Crippen LogP contribution in [0.3, 0.4) is 0 Å². The number of carbonyl (C=O) groups excluding carboxylic acids is 1. The molecule has 0 spiro atoms. The maximum atomic E-state index is 15.7. The van der Waals surface area contributed by atoms with E-state index in [1.54, 1.807) is 16.8 Å². The van der Waals surface area contributed by atoms with Crippen LogP contribution in [0, 0.1) is 0 Å². The predicted octanol–water partition coefficient (Wildman–Crippen LogP) is 4.48. The third-order valence-corrected chi connectivity index (χ3v) is 7.76. The second kappa shape index (κ2) is 11.3. The van der Waals surface area contributed by atoms with Gasteiger partial charge in [0, 0.05) is 62.5 Å². The van der Waals surface area contributed by atoms with Crippen LogP contribution in [0.4, 0.5) is 13.2 Å². The van der Waals surface area contributed by atoms with Gasteiger partial charge < -0.3 is 15.0 Å². The third kappa shape index (κ3) is 6.28. The van der Waals surface area contributed by atoms with Gasteiger partial charge >= 0.3 is 0 Å². The number of rotatable bonds is 8. The number of pyridine rings is 1. The monoisotopic (exact) mass is 529 g/mol. The van der Waals surface area contributed by atoms with E-state index in [1.807, 2.05) is 31.4 Å². The number of alkyl halides is 3. The second-order valence-electron chi connectivity index (χ2n) is 10.5. The fourth-order valence-corrected chi connectivity index (χ4v) is 5.57. The van der Waals surface area contributed by atoms with Crippen molar-refractivity contribution in [2.45, 2.75) is 63.1 Å². The Morgan fingerprint density at radius 3 is 2.76 bits per heavy atom. The van der Waals surface area contributed by atoms with Gasteiger partial charge in [-0.05, 0) is 56.2 Å². The van der Waals surface area contributed by atoms with E-state index in [0.717, 1.165) is 41.7 Å². The first kappa shape index (κ1) is 26.5. The summed E-state index contributed by atoms with van der Waals surface area (Å²) in [5, 5.41) is 8.29. The van der Waals surface area contributed by atoms with E-state index in [1.165, 1.54) is 0 Å². The van der Waals surface area contributed by atoms with Gasteiger partial charge in [-0.15, -0.1) is 0 Å². The Morgan fingerprint density at radius 2 is 1.97 bits per heavy atom. The maximum absolute atomic E-state index is 15.7. The summed E-state index contributed by atoms with van der Waals surface area (Å²) in [4.78, 5) is 19.6. The molecule has 5 rings (SSSR count). The number of nitrogens with one attached hydrogen (secondary N) is 1. The number of benzene rings is 1. The lowest BCUT2D eigenvalue weighted by atomic mass is 9.81. The minimum Gasteiger partial charge on any atom is -0.472 e. The van der Waals surface area contributed by atoms with Crippen molar-refractivity contribution < 1.29 is 22.7 Å². The van der Waals surface area contributed by atoms with Crippen molar-refractivity contribution in [1.82, 2.24) is 25.0 Å². The summed E-state index contributed by atoms with van der Waals surface area (Å²) < 4.78 is 47.3.